The van der Waals surface area contributed by atoms with Crippen molar-refractivity contribution in [3.8, 4) is 11.3 Å². The summed E-state index contributed by atoms with van der Waals surface area (Å²) in [7, 11) is 0. The number of carbonyl (C=O) groups is 1. The van der Waals surface area contributed by atoms with Gasteiger partial charge in [-0.2, -0.15) is 0 Å². The number of amides is 1. The van der Waals surface area contributed by atoms with Crippen molar-refractivity contribution in [2.24, 2.45) is 0 Å². The molecule has 1 N–H and O–H groups in total. The molecule has 0 atom stereocenters. The lowest BCUT2D eigenvalue weighted by Crippen LogP contribution is -2.12. The number of nitrogens with one attached hydrogen (secondary N) is 1. The Hall–Kier alpha value is -2.68. The molecule has 0 saturated carbocycles. The molecule has 0 spiro atoms. The number of hydrogen-bond acceptors (Lipinski definition) is 2. The van der Waals surface area contributed by atoms with E-state index in [1.54, 1.807) is 6.20 Å². The molecule has 2 aromatic carbocycles. The van der Waals surface area contributed by atoms with E-state index in [0.29, 0.717) is 6.54 Å². The van der Waals surface area contributed by atoms with Gasteiger partial charge in [-0.1, -0.05) is 24.3 Å². The van der Waals surface area contributed by atoms with Gasteiger partial charge in [0.1, 0.15) is 0 Å². The molecule has 3 aromatic rings. The predicted molar refractivity (Wildman–Crippen MR) is 78.3 cm³/mol. The van der Waals surface area contributed by atoms with Crippen LogP contribution in [0.5, 0.6) is 0 Å². The highest BCUT2D eigenvalue weighted by Crippen LogP contribution is 2.29. The zero-order chi connectivity index (χ0) is 13.5. The van der Waals surface area contributed by atoms with Crippen LogP contribution < -0.4 is 5.32 Å². The predicted octanol–water partition coefficient (Wildman–Crippen LogP) is 3.15. The number of hydrogen-bond donors (Lipinski definition) is 1. The van der Waals surface area contributed by atoms with Crippen LogP contribution in [0.15, 0.2) is 54.7 Å². The molecule has 3 nitrogen and oxygen atoms in total. The summed E-state index contributed by atoms with van der Waals surface area (Å²) in [5.41, 5.74) is 3.90. The molecular weight excluding hydrogens is 248 g/mol. The second kappa shape index (κ2) is 4.17. The average molecular weight is 260 g/mol. The molecule has 3 heteroatoms. The summed E-state index contributed by atoms with van der Waals surface area (Å²) in [5.74, 6) is 0.0186. The molecule has 2 heterocycles. The van der Waals surface area contributed by atoms with Crippen molar-refractivity contribution in [1.29, 1.82) is 0 Å². The molecule has 0 radical (unpaired) electrons. The van der Waals surface area contributed by atoms with Gasteiger partial charge < -0.3 is 5.32 Å². The van der Waals surface area contributed by atoms with Crippen molar-refractivity contribution in [3.05, 3.63) is 65.9 Å². The third kappa shape index (κ3) is 1.60. The Labute approximate surface area is 116 Å². The van der Waals surface area contributed by atoms with E-state index >= 15 is 0 Å². The molecule has 0 bridgehead atoms. The number of fused-ring (bicyclic) bond motifs is 3. The number of aromatic nitrogens is 1. The van der Waals surface area contributed by atoms with Gasteiger partial charge >= 0.3 is 0 Å². The van der Waals surface area contributed by atoms with Crippen molar-refractivity contribution in [2.75, 3.05) is 0 Å². The van der Waals surface area contributed by atoms with E-state index < -0.39 is 0 Å². The lowest BCUT2D eigenvalue weighted by molar-refractivity contribution is 0.0966. The lowest BCUT2D eigenvalue weighted by Gasteiger charge is -2.06. The summed E-state index contributed by atoms with van der Waals surface area (Å²) >= 11 is 0. The van der Waals surface area contributed by atoms with Gasteiger partial charge in [-0.15, -0.1) is 0 Å². The second-order valence-corrected chi connectivity index (χ2v) is 4.93. The first kappa shape index (κ1) is 11.2. The third-order valence-electron chi connectivity index (χ3n) is 3.76. The first-order valence-corrected chi connectivity index (χ1v) is 6.58. The quantitative estimate of drug-likeness (QED) is 0.730. The summed E-state index contributed by atoms with van der Waals surface area (Å²) in [6.07, 6.45) is 1.79. The van der Waals surface area contributed by atoms with Crippen molar-refractivity contribution in [2.45, 2.75) is 6.54 Å². The maximum Gasteiger partial charge on any atom is 0.251 e. The van der Waals surface area contributed by atoms with Gasteiger partial charge in [0.05, 0.1) is 5.69 Å². The summed E-state index contributed by atoms with van der Waals surface area (Å²) in [4.78, 5) is 16.1. The Kier molecular flexibility index (Phi) is 2.33. The zero-order valence-electron chi connectivity index (χ0n) is 10.8. The second-order valence-electron chi connectivity index (χ2n) is 4.93. The fraction of sp³-hybridized carbons (Fsp3) is 0.0588. The monoisotopic (exact) mass is 260 g/mol. The normalized spacial score (nSPS) is 13.3. The maximum absolute atomic E-state index is 11.7. The Morgan fingerprint density at radius 3 is 2.80 bits per heavy atom. The highest BCUT2D eigenvalue weighted by Gasteiger charge is 2.20. The van der Waals surface area contributed by atoms with E-state index in [1.165, 1.54) is 0 Å². The smallest absolute Gasteiger partial charge is 0.251 e. The summed E-state index contributed by atoms with van der Waals surface area (Å²) < 4.78 is 0. The van der Waals surface area contributed by atoms with E-state index in [2.05, 4.69) is 28.5 Å². The molecule has 0 unspecified atom stereocenters. The molecule has 0 saturated heterocycles. The Bertz CT molecular complexity index is 825. The lowest BCUT2D eigenvalue weighted by atomic mass is 9.98. The summed E-state index contributed by atoms with van der Waals surface area (Å²) in [6.45, 7) is 0.608. The van der Waals surface area contributed by atoms with Crippen LogP contribution in [-0.2, 0) is 6.54 Å². The molecular formula is C17H12N2O. The minimum Gasteiger partial charge on any atom is -0.348 e. The molecule has 20 heavy (non-hydrogen) atoms. The van der Waals surface area contributed by atoms with Crippen molar-refractivity contribution >= 4 is 16.7 Å². The van der Waals surface area contributed by atoms with Crippen LogP contribution in [0.2, 0.25) is 0 Å². The largest absolute Gasteiger partial charge is 0.348 e. The van der Waals surface area contributed by atoms with Crippen molar-refractivity contribution in [3.63, 3.8) is 0 Å². The summed E-state index contributed by atoms with van der Waals surface area (Å²) in [5, 5.41) is 5.16. The Morgan fingerprint density at radius 2 is 1.95 bits per heavy atom. The first-order valence-electron chi connectivity index (χ1n) is 6.58. The fourth-order valence-electron chi connectivity index (χ4n) is 2.74. The van der Waals surface area contributed by atoms with E-state index in [1.807, 2.05) is 30.3 Å². The molecule has 96 valence electrons. The van der Waals surface area contributed by atoms with Crippen LogP contribution in [-0.4, -0.2) is 10.9 Å². The third-order valence-corrected chi connectivity index (χ3v) is 3.76. The number of benzene rings is 2. The van der Waals surface area contributed by atoms with Gasteiger partial charge in [-0.3, -0.25) is 9.78 Å². The highest BCUT2D eigenvalue weighted by molar-refractivity contribution is 6.04. The number of carbonyl (C=O) groups excluding carboxylic acids is 1. The molecule has 0 fully saturated rings. The minimum atomic E-state index is 0.0186. The minimum absolute atomic E-state index is 0.0186. The van der Waals surface area contributed by atoms with Crippen LogP contribution in [0.25, 0.3) is 22.0 Å². The number of pyridine rings is 1. The van der Waals surface area contributed by atoms with Crippen LogP contribution >= 0.6 is 0 Å². The Balaban J connectivity index is 1.97. The van der Waals surface area contributed by atoms with Gasteiger partial charge in [0.2, 0.25) is 0 Å². The van der Waals surface area contributed by atoms with E-state index in [9.17, 15) is 4.79 Å². The first-order chi connectivity index (χ1) is 9.83. The van der Waals surface area contributed by atoms with Gasteiger partial charge in [0.25, 0.3) is 5.91 Å². The zero-order valence-corrected chi connectivity index (χ0v) is 10.8. The van der Waals surface area contributed by atoms with E-state index in [-0.39, 0.29) is 5.91 Å². The molecule has 0 aliphatic carbocycles. The number of rotatable bonds is 1. The van der Waals surface area contributed by atoms with Gasteiger partial charge in [0, 0.05) is 23.9 Å². The number of nitrogens with zero attached hydrogens (tertiary/aromatic N) is 1. The van der Waals surface area contributed by atoms with Crippen molar-refractivity contribution in [1.82, 2.24) is 10.3 Å². The summed E-state index contributed by atoms with van der Waals surface area (Å²) in [6, 6.07) is 16.1. The molecule has 1 amide bonds. The van der Waals surface area contributed by atoms with E-state index in [4.69, 9.17) is 0 Å². The molecule has 1 aliphatic heterocycles. The van der Waals surface area contributed by atoms with E-state index in [0.717, 1.165) is 33.2 Å². The van der Waals surface area contributed by atoms with Gasteiger partial charge in [0.15, 0.2) is 0 Å². The van der Waals surface area contributed by atoms with Gasteiger partial charge in [-0.05, 0) is 40.6 Å². The molecule has 4 rings (SSSR count). The molecule has 1 aromatic heterocycles. The van der Waals surface area contributed by atoms with Crippen LogP contribution in [0.1, 0.15) is 15.9 Å². The standard InChI is InChI=1S/C17H12N2O/c20-17-13-7-6-11-4-5-12(16-3-1-2-8-18-16)9-14(11)15(13)10-19-17/h1-9H,10H2,(H,19,20). The fourth-order valence-corrected chi connectivity index (χ4v) is 2.74. The average Bonchev–Trinajstić information content (AvgIpc) is 2.89. The SMILES string of the molecule is O=C1NCc2c1ccc1ccc(-c3ccccn3)cc21. The van der Waals surface area contributed by atoms with Crippen molar-refractivity contribution < 1.29 is 4.79 Å². The van der Waals surface area contributed by atoms with Crippen LogP contribution in [0, 0.1) is 0 Å². The maximum atomic E-state index is 11.7. The van der Waals surface area contributed by atoms with Crippen LogP contribution in [0.4, 0.5) is 0 Å². The van der Waals surface area contributed by atoms with Crippen LogP contribution in [0.3, 0.4) is 0 Å². The Morgan fingerprint density at radius 1 is 1.05 bits per heavy atom. The van der Waals surface area contributed by atoms with Gasteiger partial charge in [-0.25, -0.2) is 0 Å². The highest BCUT2D eigenvalue weighted by atomic mass is 16.1. The molecule has 1 aliphatic rings. The topological polar surface area (TPSA) is 42.0 Å².